The topological polar surface area (TPSA) is 38.9 Å². The molecule has 0 unspecified atom stereocenters. The summed E-state index contributed by atoms with van der Waals surface area (Å²) in [5.41, 5.74) is 7.24. The van der Waals surface area contributed by atoms with E-state index in [0.29, 0.717) is 0 Å². The fourth-order valence-corrected chi connectivity index (χ4v) is 0.681. The Morgan fingerprint density at radius 3 is 2.90 bits per heavy atom. The van der Waals surface area contributed by atoms with Crippen molar-refractivity contribution in [3.8, 4) is 0 Å². The molecular formula is C8H10N2. The third-order valence-electron chi connectivity index (χ3n) is 1.32. The molecule has 0 fully saturated rings. The lowest BCUT2D eigenvalue weighted by Crippen LogP contribution is -1.87. The first-order chi connectivity index (χ1) is 4.84. The van der Waals surface area contributed by atoms with Crippen LogP contribution in [-0.2, 0) is 0 Å². The largest absolute Gasteiger partial charge is 0.404 e. The number of hydrogen-bond acceptors (Lipinski definition) is 2. The molecule has 52 valence electrons. The molecule has 1 heterocycles. The number of nitrogens with zero attached hydrogens (tertiary/aromatic N) is 1. The standard InChI is InChI=1S/C8H10N2/c1-7(6-9)8-4-2-3-5-10-8/h2-6H,9H2,1H3/b7-6+. The molecule has 0 atom stereocenters. The zero-order valence-electron chi connectivity index (χ0n) is 5.91. The molecule has 2 nitrogen and oxygen atoms in total. The predicted octanol–water partition coefficient (Wildman–Crippen LogP) is 1.40. The number of rotatable bonds is 1. The molecule has 0 aliphatic heterocycles. The predicted molar refractivity (Wildman–Crippen MR) is 42.1 cm³/mol. The van der Waals surface area contributed by atoms with Gasteiger partial charge in [0.2, 0.25) is 0 Å². The van der Waals surface area contributed by atoms with Crippen molar-refractivity contribution in [1.29, 1.82) is 0 Å². The van der Waals surface area contributed by atoms with Gasteiger partial charge >= 0.3 is 0 Å². The fraction of sp³-hybridized carbons (Fsp3) is 0.125. The molecule has 0 saturated carbocycles. The molecule has 10 heavy (non-hydrogen) atoms. The van der Waals surface area contributed by atoms with E-state index in [9.17, 15) is 0 Å². The van der Waals surface area contributed by atoms with Gasteiger partial charge in [0.15, 0.2) is 0 Å². The molecule has 2 N–H and O–H groups in total. The number of nitrogens with two attached hydrogens (primary N) is 1. The summed E-state index contributed by atoms with van der Waals surface area (Å²) in [7, 11) is 0. The van der Waals surface area contributed by atoms with Crippen LogP contribution in [-0.4, -0.2) is 4.98 Å². The van der Waals surface area contributed by atoms with Gasteiger partial charge in [0, 0.05) is 6.20 Å². The number of hydrogen-bond donors (Lipinski definition) is 1. The molecule has 0 aliphatic carbocycles. The molecular weight excluding hydrogens is 124 g/mol. The third-order valence-corrected chi connectivity index (χ3v) is 1.32. The summed E-state index contributed by atoms with van der Waals surface area (Å²) >= 11 is 0. The van der Waals surface area contributed by atoms with Gasteiger partial charge in [0.1, 0.15) is 0 Å². The molecule has 0 saturated heterocycles. The normalized spacial score (nSPS) is 11.5. The Labute approximate surface area is 60.4 Å². The highest BCUT2D eigenvalue weighted by Gasteiger charge is 1.91. The SMILES string of the molecule is C/C(=C\N)c1ccccn1. The van der Waals surface area contributed by atoms with Crippen LogP contribution < -0.4 is 5.73 Å². The number of aromatic nitrogens is 1. The molecule has 1 aromatic rings. The maximum absolute atomic E-state index is 5.30. The van der Waals surface area contributed by atoms with Crippen LogP contribution in [0.5, 0.6) is 0 Å². The first kappa shape index (κ1) is 6.81. The molecule has 0 radical (unpaired) electrons. The van der Waals surface area contributed by atoms with Crippen molar-refractivity contribution in [3.05, 3.63) is 36.3 Å². The Balaban J connectivity index is 2.96. The summed E-state index contributed by atoms with van der Waals surface area (Å²) < 4.78 is 0. The fourth-order valence-electron chi connectivity index (χ4n) is 0.681. The van der Waals surface area contributed by atoms with E-state index in [4.69, 9.17) is 5.73 Å². The molecule has 0 spiro atoms. The van der Waals surface area contributed by atoms with E-state index >= 15 is 0 Å². The summed E-state index contributed by atoms with van der Waals surface area (Å²) in [4.78, 5) is 4.10. The number of pyridine rings is 1. The Kier molecular flexibility index (Phi) is 2.05. The van der Waals surface area contributed by atoms with Crippen LogP contribution in [0, 0.1) is 0 Å². The van der Waals surface area contributed by atoms with Crippen LogP contribution in [0.1, 0.15) is 12.6 Å². The van der Waals surface area contributed by atoms with E-state index in [2.05, 4.69) is 4.98 Å². The average molecular weight is 134 g/mol. The van der Waals surface area contributed by atoms with Gasteiger partial charge in [-0.3, -0.25) is 4.98 Å². The first-order valence-corrected chi connectivity index (χ1v) is 3.14. The molecule has 0 amide bonds. The zero-order valence-corrected chi connectivity index (χ0v) is 5.91. The zero-order chi connectivity index (χ0) is 7.40. The van der Waals surface area contributed by atoms with Crippen LogP contribution in [0.4, 0.5) is 0 Å². The van der Waals surface area contributed by atoms with Gasteiger partial charge in [-0.15, -0.1) is 0 Å². The summed E-state index contributed by atoms with van der Waals surface area (Å²) in [6.07, 6.45) is 3.31. The van der Waals surface area contributed by atoms with Crippen molar-refractivity contribution in [2.45, 2.75) is 6.92 Å². The van der Waals surface area contributed by atoms with Crippen molar-refractivity contribution >= 4 is 5.57 Å². The Morgan fingerprint density at radius 2 is 2.40 bits per heavy atom. The summed E-state index contributed by atoms with van der Waals surface area (Å²) in [6, 6.07) is 5.75. The molecule has 0 aliphatic rings. The lowest BCUT2D eigenvalue weighted by Gasteiger charge is -1.95. The van der Waals surface area contributed by atoms with Crippen LogP contribution in [0.15, 0.2) is 30.6 Å². The van der Waals surface area contributed by atoms with Gasteiger partial charge in [0.05, 0.1) is 5.69 Å². The van der Waals surface area contributed by atoms with Gasteiger partial charge in [-0.1, -0.05) is 6.07 Å². The van der Waals surface area contributed by atoms with Gasteiger partial charge in [-0.25, -0.2) is 0 Å². The van der Waals surface area contributed by atoms with Crippen LogP contribution in [0.3, 0.4) is 0 Å². The smallest absolute Gasteiger partial charge is 0.0673 e. The van der Waals surface area contributed by atoms with Crippen molar-refractivity contribution < 1.29 is 0 Å². The minimum atomic E-state index is 0.935. The lowest BCUT2D eigenvalue weighted by molar-refractivity contribution is 1.26. The first-order valence-electron chi connectivity index (χ1n) is 3.14. The van der Waals surface area contributed by atoms with Crippen molar-refractivity contribution in [2.75, 3.05) is 0 Å². The van der Waals surface area contributed by atoms with Gasteiger partial charge in [-0.2, -0.15) is 0 Å². The van der Waals surface area contributed by atoms with Crippen LogP contribution in [0.25, 0.3) is 5.57 Å². The Hall–Kier alpha value is -1.31. The summed E-state index contributed by atoms with van der Waals surface area (Å²) in [5, 5.41) is 0. The second kappa shape index (κ2) is 3.01. The van der Waals surface area contributed by atoms with Gasteiger partial charge < -0.3 is 5.73 Å². The summed E-state index contributed by atoms with van der Waals surface area (Å²) in [5.74, 6) is 0. The highest BCUT2D eigenvalue weighted by molar-refractivity contribution is 5.59. The minimum absolute atomic E-state index is 0.935. The summed E-state index contributed by atoms with van der Waals surface area (Å²) in [6.45, 7) is 1.93. The van der Waals surface area contributed by atoms with E-state index in [1.54, 1.807) is 12.4 Å². The van der Waals surface area contributed by atoms with Gasteiger partial charge in [-0.05, 0) is 30.8 Å². The van der Waals surface area contributed by atoms with Crippen molar-refractivity contribution in [1.82, 2.24) is 4.98 Å². The Morgan fingerprint density at radius 1 is 1.60 bits per heavy atom. The lowest BCUT2D eigenvalue weighted by atomic mass is 10.2. The highest BCUT2D eigenvalue weighted by Crippen LogP contribution is 2.06. The van der Waals surface area contributed by atoms with E-state index in [0.717, 1.165) is 11.3 Å². The van der Waals surface area contributed by atoms with Crippen LogP contribution in [0.2, 0.25) is 0 Å². The average Bonchev–Trinajstić information content (AvgIpc) is 2.05. The quantitative estimate of drug-likeness (QED) is 0.630. The Bertz CT molecular complexity index is 226. The molecule has 0 bridgehead atoms. The van der Waals surface area contributed by atoms with Crippen LogP contribution >= 0.6 is 0 Å². The third kappa shape index (κ3) is 1.35. The highest BCUT2D eigenvalue weighted by atomic mass is 14.7. The molecule has 0 aromatic carbocycles. The monoisotopic (exact) mass is 134 g/mol. The molecule has 1 rings (SSSR count). The van der Waals surface area contributed by atoms with Gasteiger partial charge in [0.25, 0.3) is 0 Å². The second-order valence-corrected chi connectivity index (χ2v) is 2.06. The molecule has 2 heteroatoms. The maximum Gasteiger partial charge on any atom is 0.0673 e. The number of allylic oxidation sites excluding steroid dienone is 1. The van der Waals surface area contributed by atoms with E-state index in [-0.39, 0.29) is 0 Å². The minimum Gasteiger partial charge on any atom is -0.404 e. The van der Waals surface area contributed by atoms with Crippen molar-refractivity contribution in [3.63, 3.8) is 0 Å². The van der Waals surface area contributed by atoms with Crippen molar-refractivity contribution in [2.24, 2.45) is 5.73 Å². The maximum atomic E-state index is 5.30. The van der Waals surface area contributed by atoms with E-state index in [1.807, 2.05) is 25.1 Å². The van der Waals surface area contributed by atoms with E-state index in [1.165, 1.54) is 0 Å². The second-order valence-electron chi connectivity index (χ2n) is 2.06. The van der Waals surface area contributed by atoms with E-state index < -0.39 is 0 Å². The molecule has 1 aromatic heterocycles.